The predicted molar refractivity (Wildman–Crippen MR) is 119 cm³/mol. The van der Waals surface area contributed by atoms with Crippen molar-refractivity contribution in [1.82, 2.24) is 5.43 Å². The molecule has 3 rings (SSSR count). The summed E-state index contributed by atoms with van der Waals surface area (Å²) >= 11 is 5.74. The van der Waals surface area contributed by atoms with Crippen LogP contribution in [0.4, 0.5) is 5.69 Å². The third kappa shape index (κ3) is 6.40. The number of nitrogens with one attached hydrogen (secondary N) is 1. The van der Waals surface area contributed by atoms with E-state index in [1.807, 2.05) is 0 Å². The highest BCUT2D eigenvalue weighted by molar-refractivity contribution is 6.30. The number of hydrogen-bond acceptors (Lipinski definition) is 8. The second-order valence-corrected chi connectivity index (χ2v) is 6.89. The van der Waals surface area contributed by atoms with Crippen molar-refractivity contribution < 1.29 is 28.4 Å². The van der Waals surface area contributed by atoms with E-state index in [4.69, 9.17) is 25.5 Å². The van der Waals surface area contributed by atoms with Crippen LogP contribution in [0.15, 0.2) is 64.1 Å². The van der Waals surface area contributed by atoms with Gasteiger partial charge in [-0.3, -0.25) is 14.9 Å². The third-order valence-corrected chi connectivity index (χ3v) is 4.40. The highest BCUT2D eigenvalue weighted by atomic mass is 35.5. The highest BCUT2D eigenvalue weighted by Gasteiger charge is 2.16. The molecule has 1 aromatic heterocycles. The molecule has 0 radical (unpaired) electrons. The second kappa shape index (κ2) is 10.9. The number of rotatable bonds is 9. The summed E-state index contributed by atoms with van der Waals surface area (Å²) in [4.78, 5) is 34.0. The summed E-state index contributed by atoms with van der Waals surface area (Å²) in [6.07, 6.45) is 1.29. The molecule has 1 heterocycles. The van der Waals surface area contributed by atoms with E-state index in [1.54, 1.807) is 43.3 Å². The Morgan fingerprint density at radius 2 is 1.94 bits per heavy atom. The van der Waals surface area contributed by atoms with Crippen LogP contribution in [0.3, 0.4) is 0 Å². The molecule has 0 atom stereocenters. The summed E-state index contributed by atoms with van der Waals surface area (Å²) < 4.78 is 15.8. The zero-order chi connectivity index (χ0) is 23.8. The van der Waals surface area contributed by atoms with Gasteiger partial charge in [0, 0.05) is 16.7 Å². The average molecular weight is 472 g/mol. The Morgan fingerprint density at radius 3 is 2.64 bits per heavy atom. The Morgan fingerprint density at radius 1 is 1.18 bits per heavy atom. The molecule has 0 fully saturated rings. The van der Waals surface area contributed by atoms with Gasteiger partial charge in [0.2, 0.25) is 0 Å². The van der Waals surface area contributed by atoms with Crippen molar-refractivity contribution in [3.8, 4) is 17.1 Å². The van der Waals surface area contributed by atoms with Crippen LogP contribution in [0.2, 0.25) is 5.02 Å². The van der Waals surface area contributed by atoms with E-state index >= 15 is 0 Å². The lowest BCUT2D eigenvalue weighted by atomic mass is 10.1. The zero-order valence-corrected chi connectivity index (χ0v) is 18.1. The van der Waals surface area contributed by atoms with Crippen LogP contribution in [0.25, 0.3) is 11.3 Å². The van der Waals surface area contributed by atoms with E-state index in [0.717, 1.165) is 11.6 Å². The largest absolute Gasteiger partial charge is 0.477 e. The van der Waals surface area contributed by atoms with Gasteiger partial charge >= 0.3 is 11.7 Å². The molecule has 0 saturated carbocycles. The van der Waals surface area contributed by atoms with Crippen LogP contribution < -0.4 is 10.2 Å². The minimum atomic E-state index is -0.657. The van der Waals surface area contributed by atoms with Crippen molar-refractivity contribution >= 4 is 35.4 Å². The number of nitro benzene ring substituents is 1. The smallest absolute Gasteiger partial charge is 0.338 e. The second-order valence-electron chi connectivity index (χ2n) is 6.45. The van der Waals surface area contributed by atoms with E-state index in [2.05, 4.69) is 10.5 Å². The van der Waals surface area contributed by atoms with E-state index in [0.29, 0.717) is 23.7 Å². The molecule has 0 spiro atoms. The number of halogens is 1. The number of esters is 1. The molecule has 33 heavy (non-hydrogen) atoms. The molecule has 0 unspecified atom stereocenters. The molecular formula is C22H18ClN3O7. The molecule has 0 saturated heterocycles. The Hall–Kier alpha value is -4.18. The molecule has 0 bridgehead atoms. The lowest BCUT2D eigenvalue weighted by molar-refractivity contribution is -0.385. The maximum atomic E-state index is 11.9. The number of ether oxygens (including phenoxy) is 2. The van der Waals surface area contributed by atoms with Gasteiger partial charge in [0.15, 0.2) is 12.4 Å². The van der Waals surface area contributed by atoms with Gasteiger partial charge in [0.25, 0.3) is 5.91 Å². The van der Waals surface area contributed by atoms with Crippen molar-refractivity contribution in [1.29, 1.82) is 0 Å². The lowest BCUT2D eigenvalue weighted by Crippen LogP contribution is -2.24. The first-order valence-electron chi connectivity index (χ1n) is 9.63. The van der Waals surface area contributed by atoms with Gasteiger partial charge < -0.3 is 13.9 Å². The maximum Gasteiger partial charge on any atom is 0.338 e. The van der Waals surface area contributed by atoms with Gasteiger partial charge in [-0.15, -0.1) is 0 Å². The number of hydrazone groups is 1. The molecule has 170 valence electrons. The molecule has 0 aliphatic heterocycles. The fourth-order valence-corrected chi connectivity index (χ4v) is 2.83. The predicted octanol–water partition coefficient (Wildman–Crippen LogP) is 4.21. The summed E-state index contributed by atoms with van der Waals surface area (Å²) in [6.45, 7) is 1.54. The lowest BCUT2D eigenvalue weighted by Gasteiger charge is -2.05. The SMILES string of the molecule is CCOC(=O)c1ccc(-c2ccc(/C=N\NC(=O)COc3ccc(Cl)cc3[N+](=O)[O-])o2)cc1. The van der Waals surface area contributed by atoms with Crippen molar-refractivity contribution in [2.45, 2.75) is 6.92 Å². The monoisotopic (exact) mass is 471 g/mol. The van der Waals surface area contributed by atoms with Crippen molar-refractivity contribution in [3.63, 3.8) is 0 Å². The first kappa shape index (κ1) is 23.5. The van der Waals surface area contributed by atoms with Crippen LogP contribution in [-0.2, 0) is 9.53 Å². The van der Waals surface area contributed by atoms with E-state index in [1.165, 1.54) is 18.3 Å². The summed E-state index contributed by atoms with van der Waals surface area (Å²) in [5, 5.41) is 15.0. The Labute approximate surface area is 192 Å². The first-order valence-corrected chi connectivity index (χ1v) is 10.0. The van der Waals surface area contributed by atoms with Crippen LogP contribution in [-0.4, -0.2) is 36.2 Å². The van der Waals surface area contributed by atoms with Gasteiger partial charge in [-0.1, -0.05) is 23.7 Å². The average Bonchev–Trinajstić information content (AvgIpc) is 3.27. The molecule has 1 amide bonds. The Bertz CT molecular complexity index is 1190. The minimum absolute atomic E-state index is 0.0896. The van der Waals surface area contributed by atoms with Gasteiger partial charge in [0.05, 0.1) is 23.3 Å². The molecule has 2 aromatic carbocycles. The fraction of sp³-hybridized carbons (Fsp3) is 0.136. The van der Waals surface area contributed by atoms with Gasteiger partial charge in [-0.05, 0) is 43.3 Å². The van der Waals surface area contributed by atoms with Crippen LogP contribution in [0.1, 0.15) is 23.0 Å². The van der Waals surface area contributed by atoms with E-state index in [-0.39, 0.29) is 16.5 Å². The quantitative estimate of drug-likeness (QED) is 0.214. The van der Waals surface area contributed by atoms with Crippen LogP contribution in [0.5, 0.6) is 5.75 Å². The zero-order valence-electron chi connectivity index (χ0n) is 17.3. The molecular weight excluding hydrogens is 454 g/mol. The standard InChI is InChI=1S/C22H18ClN3O7/c1-2-31-22(28)15-5-3-14(4-6-15)19-10-8-17(33-19)12-24-25-21(27)13-32-20-9-7-16(23)11-18(20)26(29)30/h3-12H,2,13H2,1H3,(H,25,27)/b24-12-. The first-order chi connectivity index (χ1) is 15.9. The Kier molecular flexibility index (Phi) is 7.77. The minimum Gasteiger partial charge on any atom is -0.477 e. The third-order valence-electron chi connectivity index (χ3n) is 4.16. The number of hydrogen-bond donors (Lipinski definition) is 1. The summed E-state index contributed by atoms with van der Waals surface area (Å²) in [5.41, 5.74) is 3.06. The van der Waals surface area contributed by atoms with Crippen molar-refractivity contribution in [2.75, 3.05) is 13.2 Å². The Balaban J connectivity index is 1.54. The normalized spacial score (nSPS) is 10.7. The summed E-state index contributed by atoms with van der Waals surface area (Å²) in [7, 11) is 0. The van der Waals surface area contributed by atoms with Gasteiger partial charge in [0.1, 0.15) is 11.5 Å². The summed E-state index contributed by atoms with van der Waals surface area (Å²) in [5.74, 6) is -0.211. The van der Waals surface area contributed by atoms with Gasteiger partial charge in [-0.25, -0.2) is 10.2 Å². The number of nitro groups is 1. The number of nitrogens with zero attached hydrogens (tertiary/aromatic N) is 2. The maximum absolute atomic E-state index is 11.9. The number of carbonyl (C=O) groups excluding carboxylic acids is 2. The van der Waals surface area contributed by atoms with E-state index in [9.17, 15) is 19.7 Å². The number of furan rings is 1. The van der Waals surface area contributed by atoms with Crippen LogP contribution in [0, 0.1) is 10.1 Å². The number of amides is 1. The van der Waals surface area contributed by atoms with Crippen molar-refractivity contribution in [3.05, 3.63) is 81.1 Å². The topological polar surface area (TPSA) is 133 Å². The highest BCUT2D eigenvalue weighted by Crippen LogP contribution is 2.29. The molecule has 3 aromatic rings. The fourth-order valence-electron chi connectivity index (χ4n) is 2.66. The molecule has 0 aliphatic rings. The molecule has 10 nitrogen and oxygen atoms in total. The van der Waals surface area contributed by atoms with Crippen LogP contribution >= 0.6 is 11.6 Å². The van der Waals surface area contributed by atoms with E-state index < -0.39 is 23.4 Å². The molecule has 1 N–H and O–H groups in total. The molecule has 0 aliphatic carbocycles. The van der Waals surface area contributed by atoms with Gasteiger partial charge in [-0.2, -0.15) is 5.10 Å². The molecule has 11 heteroatoms. The number of carbonyl (C=O) groups is 2. The number of benzene rings is 2. The van der Waals surface area contributed by atoms with Crippen molar-refractivity contribution in [2.24, 2.45) is 5.10 Å². The summed E-state index contributed by atoms with van der Waals surface area (Å²) in [6, 6.07) is 13.9.